The van der Waals surface area contributed by atoms with Crippen molar-refractivity contribution in [2.24, 2.45) is 7.05 Å². The Balaban J connectivity index is 0.00000204. The summed E-state index contributed by atoms with van der Waals surface area (Å²) in [6, 6.07) is 16.0. The number of rotatable bonds is 1. The molecule has 2 aliphatic rings. The minimum atomic E-state index is -0.437. The number of aryl methyl sites for hydroxylation is 1. The van der Waals surface area contributed by atoms with Crippen LogP contribution < -0.4 is 4.74 Å². The Bertz CT molecular complexity index is 1280. The molecule has 0 saturated carbocycles. The summed E-state index contributed by atoms with van der Waals surface area (Å²) in [4.78, 5) is 18.4. The van der Waals surface area contributed by atoms with Crippen molar-refractivity contribution in [1.82, 2.24) is 19.7 Å². The number of aromatic nitrogens is 3. The van der Waals surface area contributed by atoms with Crippen molar-refractivity contribution < 1.29 is 11.0 Å². The number of nitrogens with zero attached hydrogens (tertiary/aromatic N) is 3. The number of fused-ring (bicyclic) bond motifs is 5. The van der Waals surface area contributed by atoms with Gasteiger partial charge in [0.2, 0.25) is 0 Å². The lowest BCUT2D eigenvalue weighted by atomic mass is 9.81. The smallest absolute Gasteiger partial charge is 0.255 e. The maximum absolute atomic E-state index is 13.3. The summed E-state index contributed by atoms with van der Waals surface area (Å²) in [6.07, 6.45) is 5.30. The standard InChI is InChI=1S/C24H22N4O2.H2/c1-27-22-17-6-2-3-8-20(17)30-24(19(22)15-26-27)10-13-28(14-11-24)23(29)18-7-4-5-16-9-12-25-21(16)18;/h2-9,12,15,25H,10-11,13-14H2,1H3;1H. The maximum Gasteiger partial charge on any atom is 0.255 e. The summed E-state index contributed by atoms with van der Waals surface area (Å²) in [5.41, 5.74) is 4.52. The summed E-state index contributed by atoms with van der Waals surface area (Å²) in [7, 11) is 1.98. The third-order valence-corrected chi connectivity index (χ3v) is 6.55. The fraction of sp³-hybridized carbons (Fsp3) is 0.250. The highest BCUT2D eigenvalue weighted by Crippen LogP contribution is 2.49. The van der Waals surface area contributed by atoms with Gasteiger partial charge in [-0.05, 0) is 24.3 Å². The molecule has 2 aliphatic heterocycles. The minimum absolute atomic E-state index is 0. The summed E-state index contributed by atoms with van der Waals surface area (Å²) in [5, 5.41) is 5.59. The molecule has 2 aromatic carbocycles. The molecule has 1 fully saturated rings. The lowest BCUT2D eigenvalue weighted by Gasteiger charge is -2.44. The molecule has 1 spiro atoms. The Hall–Kier alpha value is -3.54. The zero-order chi connectivity index (χ0) is 20.3. The van der Waals surface area contributed by atoms with Gasteiger partial charge in [-0.3, -0.25) is 9.48 Å². The van der Waals surface area contributed by atoms with E-state index in [0.29, 0.717) is 13.1 Å². The van der Waals surface area contributed by atoms with Crippen molar-refractivity contribution in [3.05, 3.63) is 72.1 Å². The van der Waals surface area contributed by atoms with E-state index in [2.05, 4.69) is 16.1 Å². The number of piperidine rings is 1. The van der Waals surface area contributed by atoms with E-state index in [-0.39, 0.29) is 7.33 Å². The second-order valence-corrected chi connectivity index (χ2v) is 8.16. The third kappa shape index (κ3) is 2.36. The predicted octanol–water partition coefficient (Wildman–Crippen LogP) is 4.34. The number of hydrogen-bond acceptors (Lipinski definition) is 3. The third-order valence-electron chi connectivity index (χ3n) is 6.55. The summed E-state index contributed by atoms with van der Waals surface area (Å²) in [5.74, 6) is 0.963. The normalized spacial score (nSPS) is 16.9. The molecule has 6 heteroatoms. The molecule has 1 N–H and O–H groups in total. The Morgan fingerprint density at radius 3 is 2.83 bits per heavy atom. The Kier molecular flexibility index (Phi) is 3.60. The molecule has 0 aliphatic carbocycles. The van der Waals surface area contributed by atoms with Crippen LogP contribution in [0.4, 0.5) is 0 Å². The number of amides is 1. The van der Waals surface area contributed by atoms with Crippen LogP contribution in [0.3, 0.4) is 0 Å². The van der Waals surface area contributed by atoms with Gasteiger partial charge in [0.25, 0.3) is 5.91 Å². The molecule has 1 amide bonds. The first kappa shape index (κ1) is 17.3. The molecular weight excluding hydrogens is 376 g/mol. The zero-order valence-corrected chi connectivity index (χ0v) is 16.8. The van der Waals surface area contributed by atoms with Gasteiger partial charge < -0.3 is 14.6 Å². The molecule has 4 aromatic rings. The number of aromatic amines is 1. The zero-order valence-electron chi connectivity index (χ0n) is 16.8. The number of carbonyl (C=O) groups excluding carboxylic acids is 1. The molecule has 6 nitrogen and oxygen atoms in total. The molecule has 30 heavy (non-hydrogen) atoms. The van der Waals surface area contributed by atoms with Crippen molar-refractivity contribution >= 4 is 16.8 Å². The van der Waals surface area contributed by atoms with Crippen LogP contribution in [0, 0.1) is 0 Å². The summed E-state index contributed by atoms with van der Waals surface area (Å²) in [6.45, 7) is 1.29. The van der Waals surface area contributed by atoms with Gasteiger partial charge in [0, 0.05) is 57.1 Å². The minimum Gasteiger partial charge on any atom is -0.482 e. The number of benzene rings is 2. The second-order valence-electron chi connectivity index (χ2n) is 8.16. The largest absolute Gasteiger partial charge is 0.482 e. The van der Waals surface area contributed by atoms with Gasteiger partial charge in [0.15, 0.2) is 0 Å². The number of ether oxygens (including phenoxy) is 1. The van der Waals surface area contributed by atoms with Gasteiger partial charge in [-0.25, -0.2) is 0 Å². The van der Waals surface area contributed by atoms with Crippen LogP contribution in [0.2, 0.25) is 0 Å². The maximum atomic E-state index is 13.3. The van der Waals surface area contributed by atoms with Crippen molar-refractivity contribution in [2.45, 2.75) is 18.4 Å². The Morgan fingerprint density at radius 1 is 1.13 bits per heavy atom. The van der Waals surface area contributed by atoms with Crippen LogP contribution in [0.25, 0.3) is 22.2 Å². The number of nitrogens with one attached hydrogen (secondary N) is 1. The molecule has 0 radical (unpaired) electrons. The average Bonchev–Trinajstić information content (AvgIpc) is 3.41. The number of para-hydroxylation sites is 2. The van der Waals surface area contributed by atoms with E-state index in [1.807, 2.05) is 71.5 Å². The van der Waals surface area contributed by atoms with Gasteiger partial charge >= 0.3 is 0 Å². The highest BCUT2D eigenvalue weighted by Gasteiger charge is 2.45. The quantitative estimate of drug-likeness (QED) is 0.517. The molecule has 0 bridgehead atoms. The number of H-pyrrole nitrogens is 1. The van der Waals surface area contributed by atoms with E-state index < -0.39 is 5.60 Å². The topological polar surface area (TPSA) is 63.1 Å². The number of carbonyl (C=O) groups is 1. The first-order valence-corrected chi connectivity index (χ1v) is 10.3. The van der Waals surface area contributed by atoms with Gasteiger partial charge in [-0.15, -0.1) is 0 Å². The Labute approximate surface area is 175 Å². The van der Waals surface area contributed by atoms with E-state index in [9.17, 15) is 4.79 Å². The van der Waals surface area contributed by atoms with Crippen LogP contribution in [0.15, 0.2) is 60.9 Å². The molecule has 6 rings (SSSR count). The van der Waals surface area contributed by atoms with Crippen LogP contribution in [-0.4, -0.2) is 38.7 Å². The molecule has 2 aromatic heterocycles. The highest BCUT2D eigenvalue weighted by atomic mass is 16.5. The Morgan fingerprint density at radius 2 is 1.97 bits per heavy atom. The first-order chi connectivity index (χ1) is 14.7. The molecule has 1 saturated heterocycles. The van der Waals surface area contributed by atoms with E-state index in [4.69, 9.17) is 4.74 Å². The second kappa shape index (κ2) is 6.23. The van der Waals surface area contributed by atoms with Crippen LogP contribution in [-0.2, 0) is 12.6 Å². The monoisotopic (exact) mass is 400 g/mol. The van der Waals surface area contributed by atoms with E-state index in [0.717, 1.165) is 51.9 Å². The van der Waals surface area contributed by atoms with Crippen molar-refractivity contribution in [3.63, 3.8) is 0 Å². The van der Waals surface area contributed by atoms with E-state index in [1.165, 1.54) is 0 Å². The lowest BCUT2D eigenvalue weighted by molar-refractivity contribution is -0.00166. The SMILES string of the molecule is Cn1ncc2c1-c1ccccc1OC21CCN(C(=O)c2cccc3cc[nH]c23)CC1.[HH]. The average molecular weight is 400 g/mol. The fourth-order valence-corrected chi connectivity index (χ4v) is 4.98. The summed E-state index contributed by atoms with van der Waals surface area (Å²) < 4.78 is 8.53. The van der Waals surface area contributed by atoms with Crippen LogP contribution in [0.5, 0.6) is 5.75 Å². The van der Waals surface area contributed by atoms with Gasteiger partial charge in [0.1, 0.15) is 11.4 Å². The molecular formula is C24H24N4O2. The number of hydrogen-bond donors (Lipinski definition) is 1. The van der Waals surface area contributed by atoms with Crippen molar-refractivity contribution in [2.75, 3.05) is 13.1 Å². The van der Waals surface area contributed by atoms with E-state index in [1.54, 1.807) is 0 Å². The molecule has 0 atom stereocenters. The first-order valence-electron chi connectivity index (χ1n) is 10.3. The molecule has 4 heterocycles. The van der Waals surface area contributed by atoms with Gasteiger partial charge in [-0.1, -0.05) is 24.3 Å². The van der Waals surface area contributed by atoms with E-state index >= 15 is 0 Å². The lowest BCUT2D eigenvalue weighted by Crippen LogP contribution is -2.49. The highest BCUT2D eigenvalue weighted by molar-refractivity contribution is 6.05. The number of likely N-dealkylation sites (tertiary alicyclic amines) is 1. The predicted molar refractivity (Wildman–Crippen MR) is 117 cm³/mol. The van der Waals surface area contributed by atoms with Gasteiger partial charge in [0.05, 0.1) is 23.0 Å². The van der Waals surface area contributed by atoms with Crippen LogP contribution in [0.1, 0.15) is 30.2 Å². The molecule has 0 unspecified atom stereocenters. The van der Waals surface area contributed by atoms with Crippen molar-refractivity contribution in [1.29, 1.82) is 0 Å². The molecule has 152 valence electrons. The van der Waals surface area contributed by atoms with Crippen molar-refractivity contribution in [3.8, 4) is 17.0 Å². The fourth-order valence-electron chi connectivity index (χ4n) is 4.98. The summed E-state index contributed by atoms with van der Waals surface area (Å²) >= 11 is 0. The van der Waals surface area contributed by atoms with Crippen LogP contribution >= 0.6 is 0 Å². The van der Waals surface area contributed by atoms with Gasteiger partial charge in [-0.2, -0.15) is 5.10 Å².